The lowest BCUT2D eigenvalue weighted by atomic mass is 9.93. The molecule has 0 aromatic heterocycles. The molecule has 2 aromatic carbocycles. The molecule has 0 aliphatic carbocycles. The van der Waals surface area contributed by atoms with Crippen LogP contribution in [0.15, 0.2) is 30.3 Å². The summed E-state index contributed by atoms with van der Waals surface area (Å²) in [5.41, 5.74) is 0.788. The van der Waals surface area contributed by atoms with Crippen molar-refractivity contribution >= 4 is 40.3 Å². The van der Waals surface area contributed by atoms with Crippen molar-refractivity contribution in [1.29, 1.82) is 0 Å². The predicted octanol–water partition coefficient (Wildman–Crippen LogP) is -0.148. The summed E-state index contributed by atoms with van der Waals surface area (Å²) in [6.07, 6.45) is 0. The lowest BCUT2D eigenvalue weighted by molar-refractivity contribution is -0.125. The molecule has 0 bridgehead atoms. The summed E-state index contributed by atoms with van der Waals surface area (Å²) in [6, 6.07) is 8.59. The van der Waals surface area contributed by atoms with Crippen molar-refractivity contribution in [2.45, 2.75) is 20.8 Å². The molecule has 0 fully saturated rings. The van der Waals surface area contributed by atoms with Crippen LogP contribution in [0, 0.1) is 0 Å². The third-order valence-corrected chi connectivity index (χ3v) is 7.64. The Hall–Kier alpha value is -4.15. The number of aliphatic hydroxyl groups is 1. The molecule has 15 nitrogen and oxygen atoms in total. The predicted molar refractivity (Wildman–Crippen MR) is 182 cm³/mol. The zero-order chi connectivity index (χ0) is 35.6. The number of amides is 5. The Morgan fingerprint density at radius 2 is 1.22 bits per heavy atom. The highest BCUT2D eigenvalue weighted by Gasteiger charge is 2.33. The number of likely N-dealkylation sites (N-methyl/N-ethyl adjacent to an activating group) is 3. The van der Waals surface area contributed by atoms with Gasteiger partial charge in [-0.2, -0.15) is 0 Å². The van der Waals surface area contributed by atoms with Gasteiger partial charge in [-0.3, -0.25) is 38.7 Å². The van der Waals surface area contributed by atoms with E-state index in [0.717, 1.165) is 4.90 Å². The van der Waals surface area contributed by atoms with E-state index in [9.17, 15) is 24.0 Å². The lowest BCUT2D eigenvalue weighted by Gasteiger charge is -2.28. The Balaban J connectivity index is 1.60. The summed E-state index contributed by atoms with van der Waals surface area (Å²) >= 11 is 0. The molecular weight excluding hydrogens is 636 g/mol. The van der Waals surface area contributed by atoms with Gasteiger partial charge in [0.2, 0.25) is 17.7 Å². The third kappa shape index (κ3) is 12.0. The van der Waals surface area contributed by atoms with Gasteiger partial charge in [-0.15, -0.1) is 0 Å². The number of nitrogens with zero attached hydrogens (tertiary/aromatic N) is 3. The maximum absolute atomic E-state index is 13.2. The van der Waals surface area contributed by atoms with E-state index in [-0.39, 0.29) is 76.9 Å². The van der Waals surface area contributed by atoms with Crippen LogP contribution in [0.25, 0.3) is 10.8 Å². The Kier molecular flexibility index (Phi) is 16.9. The standard InChI is InChI=1S/C34H50N6O9/c1-4-35-29(42)22-38(12-17-47-18-13-39(23-30(43)36-5-2)24-31(44)37-6-3)14-20-49-28-11-10-27-32-25(28)8-7-9-26(32)33(45)40(34(27)46)15-19-48-21-16-41/h7-11,41H,4-6,12-24H2,1-3H3,(H,35,42)(H,36,43)(H,37,44). The first-order valence-electron chi connectivity index (χ1n) is 16.8. The van der Waals surface area contributed by atoms with Crippen molar-refractivity contribution in [2.75, 3.05) is 105 Å². The molecule has 4 N–H and O–H groups in total. The van der Waals surface area contributed by atoms with E-state index in [1.165, 1.54) is 0 Å². The van der Waals surface area contributed by atoms with Crippen LogP contribution in [0.5, 0.6) is 5.75 Å². The molecule has 0 saturated heterocycles. The van der Waals surface area contributed by atoms with E-state index in [2.05, 4.69) is 16.0 Å². The molecule has 0 spiro atoms. The van der Waals surface area contributed by atoms with Gasteiger partial charge in [-0.1, -0.05) is 12.1 Å². The fourth-order valence-corrected chi connectivity index (χ4v) is 5.40. The first-order chi connectivity index (χ1) is 23.7. The molecule has 49 heavy (non-hydrogen) atoms. The van der Waals surface area contributed by atoms with Crippen LogP contribution in [0.4, 0.5) is 0 Å². The van der Waals surface area contributed by atoms with Crippen LogP contribution in [-0.2, 0) is 23.9 Å². The molecule has 5 amide bonds. The van der Waals surface area contributed by atoms with Crippen LogP contribution in [-0.4, -0.2) is 154 Å². The van der Waals surface area contributed by atoms with Gasteiger partial charge in [0.05, 0.1) is 59.2 Å². The van der Waals surface area contributed by atoms with Crippen molar-refractivity contribution < 1.29 is 43.3 Å². The Labute approximate surface area is 287 Å². The minimum Gasteiger partial charge on any atom is -0.492 e. The lowest BCUT2D eigenvalue weighted by Crippen LogP contribution is -2.44. The fraction of sp³-hybridized carbons (Fsp3) is 0.559. The first kappa shape index (κ1) is 39.3. The van der Waals surface area contributed by atoms with E-state index < -0.39 is 11.8 Å². The average Bonchev–Trinajstić information content (AvgIpc) is 3.07. The Bertz CT molecular complexity index is 1380. The van der Waals surface area contributed by atoms with Crippen molar-refractivity contribution in [1.82, 2.24) is 30.7 Å². The van der Waals surface area contributed by atoms with Gasteiger partial charge >= 0.3 is 0 Å². The average molecular weight is 687 g/mol. The van der Waals surface area contributed by atoms with Gasteiger partial charge in [-0.05, 0) is 39.0 Å². The fourth-order valence-electron chi connectivity index (χ4n) is 5.40. The molecule has 0 atom stereocenters. The molecule has 0 unspecified atom stereocenters. The Morgan fingerprint density at radius 3 is 1.82 bits per heavy atom. The second-order valence-electron chi connectivity index (χ2n) is 11.2. The number of benzene rings is 2. The summed E-state index contributed by atoms with van der Waals surface area (Å²) in [6.45, 7) is 9.47. The highest BCUT2D eigenvalue weighted by atomic mass is 16.5. The molecule has 15 heteroatoms. The zero-order valence-electron chi connectivity index (χ0n) is 28.8. The maximum atomic E-state index is 13.2. The molecule has 0 saturated carbocycles. The first-order valence-corrected chi connectivity index (χ1v) is 16.8. The van der Waals surface area contributed by atoms with Crippen molar-refractivity contribution in [3.8, 4) is 5.75 Å². The normalized spacial score (nSPS) is 12.6. The quantitative estimate of drug-likeness (QED) is 0.0853. The van der Waals surface area contributed by atoms with Crippen LogP contribution in [0.1, 0.15) is 41.5 Å². The molecule has 0 radical (unpaired) electrons. The monoisotopic (exact) mass is 686 g/mol. The smallest absolute Gasteiger partial charge is 0.261 e. The van der Waals surface area contributed by atoms with Gasteiger partial charge in [0.15, 0.2) is 0 Å². The van der Waals surface area contributed by atoms with Gasteiger partial charge in [0.1, 0.15) is 12.4 Å². The number of ether oxygens (including phenoxy) is 3. The second kappa shape index (κ2) is 21.0. The van der Waals surface area contributed by atoms with E-state index in [1.54, 1.807) is 35.2 Å². The van der Waals surface area contributed by atoms with Crippen molar-refractivity contribution in [3.63, 3.8) is 0 Å². The number of hydrogen-bond acceptors (Lipinski definition) is 11. The van der Waals surface area contributed by atoms with Gasteiger partial charge in [0.25, 0.3) is 11.8 Å². The number of aliphatic hydroxyl groups excluding tert-OH is 1. The number of hydrogen-bond donors (Lipinski definition) is 4. The minimum atomic E-state index is -0.419. The molecule has 1 heterocycles. The largest absolute Gasteiger partial charge is 0.492 e. The van der Waals surface area contributed by atoms with Crippen LogP contribution in [0.2, 0.25) is 0 Å². The zero-order valence-corrected chi connectivity index (χ0v) is 28.8. The van der Waals surface area contributed by atoms with Crippen LogP contribution >= 0.6 is 0 Å². The van der Waals surface area contributed by atoms with Gasteiger partial charge in [-0.25, -0.2) is 0 Å². The molecule has 270 valence electrons. The number of imide groups is 1. The number of rotatable bonds is 24. The minimum absolute atomic E-state index is 0.0708. The summed E-state index contributed by atoms with van der Waals surface area (Å²) in [7, 11) is 0. The summed E-state index contributed by atoms with van der Waals surface area (Å²) in [5, 5.41) is 18.4. The van der Waals surface area contributed by atoms with E-state index >= 15 is 0 Å². The van der Waals surface area contributed by atoms with E-state index in [1.807, 2.05) is 25.7 Å². The van der Waals surface area contributed by atoms with Crippen molar-refractivity contribution in [2.24, 2.45) is 0 Å². The highest BCUT2D eigenvalue weighted by Crippen LogP contribution is 2.35. The summed E-state index contributed by atoms with van der Waals surface area (Å²) in [4.78, 5) is 68.0. The number of nitrogens with one attached hydrogen (secondary N) is 3. The summed E-state index contributed by atoms with van der Waals surface area (Å²) < 4.78 is 17.3. The van der Waals surface area contributed by atoms with Crippen LogP contribution in [0.3, 0.4) is 0 Å². The molecular formula is C34H50N6O9. The SMILES string of the molecule is CCNC(=O)CN(CCOCCN(CC(=O)NCC)CC(=O)NCC)CCOc1ccc2c3c(cccc13)C(=O)N(CCOCCO)C2=O. The molecule has 3 rings (SSSR count). The number of carbonyl (C=O) groups is 5. The third-order valence-electron chi connectivity index (χ3n) is 7.64. The topological polar surface area (TPSA) is 179 Å². The number of carbonyl (C=O) groups excluding carboxylic acids is 5. The Morgan fingerprint density at radius 1 is 0.694 bits per heavy atom. The highest BCUT2D eigenvalue weighted by molar-refractivity contribution is 6.26. The van der Waals surface area contributed by atoms with Gasteiger partial charge in [0, 0.05) is 61.2 Å². The van der Waals surface area contributed by atoms with Gasteiger partial charge < -0.3 is 35.3 Å². The molecule has 1 aliphatic rings. The second-order valence-corrected chi connectivity index (χ2v) is 11.2. The molecule has 2 aromatic rings. The van der Waals surface area contributed by atoms with E-state index in [4.69, 9.17) is 19.3 Å². The van der Waals surface area contributed by atoms with Crippen LogP contribution < -0.4 is 20.7 Å². The molecule has 1 aliphatic heterocycles. The van der Waals surface area contributed by atoms with Crippen molar-refractivity contribution in [3.05, 3.63) is 41.5 Å². The summed E-state index contributed by atoms with van der Waals surface area (Å²) in [5.74, 6) is -0.806. The van der Waals surface area contributed by atoms with E-state index in [0.29, 0.717) is 73.5 Å². The maximum Gasteiger partial charge on any atom is 0.261 e.